The van der Waals surface area contributed by atoms with Gasteiger partial charge < -0.3 is 10.3 Å². The summed E-state index contributed by atoms with van der Waals surface area (Å²) < 4.78 is 6.35. The average Bonchev–Trinajstić information content (AvgIpc) is 2.84. The van der Waals surface area contributed by atoms with Gasteiger partial charge in [0.1, 0.15) is 0 Å². The van der Waals surface area contributed by atoms with Crippen LogP contribution in [0.15, 0.2) is 38.2 Å². The lowest BCUT2D eigenvalue weighted by Crippen LogP contribution is -2.24. The Labute approximate surface area is 138 Å². The van der Waals surface area contributed by atoms with Gasteiger partial charge in [0.05, 0.1) is 5.75 Å². The van der Waals surface area contributed by atoms with E-state index in [4.69, 9.17) is 10.3 Å². The van der Waals surface area contributed by atoms with Crippen molar-refractivity contribution in [2.24, 2.45) is 11.7 Å². The Morgan fingerprint density at radius 1 is 1.33 bits per heavy atom. The summed E-state index contributed by atoms with van der Waals surface area (Å²) in [4.78, 5) is 5.58. The molecule has 0 saturated carbocycles. The summed E-state index contributed by atoms with van der Waals surface area (Å²) in [5.41, 5.74) is 6.06. The van der Waals surface area contributed by atoms with Crippen LogP contribution in [0.3, 0.4) is 0 Å². The molecule has 4 nitrogen and oxygen atoms in total. The summed E-state index contributed by atoms with van der Waals surface area (Å²) >= 11 is 5.21. The lowest BCUT2D eigenvalue weighted by Gasteiger charge is -2.10. The van der Waals surface area contributed by atoms with Gasteiger partial charge in [-0.3, -0.25) is 0 Å². The molecule has 1 aromatic heterocycles. The second-order valence-electron chi connectivity index (χ2n) is 5.42. The molecule has 0 radical (unpaired) electrons. The van der Waals surface area contributed by atoms with Gasteiger partial charge in [-0.05, 0) is 40.4 Å². The first kappa shape index (κ1) is 16.5. The molecule has 2 aromatic rings. The van der Waals surface area contributed by atoms with Gasteiger partial charge in [0, 0.05) is 21.8 Å². The van der Waals surface area contributed by atoms with E-state index >= 15 is 0 Å². The Morgan fingerprint density at radius 3 is 2.81 bits per heavy atom. The Balaban J connectivity index is 1.87. The molecule has 0 aliphatic carbocycles. The van der Waals surface area contributed by atoms with Gasteiger partial charge in [0.15, 0.2) is 5.82 Å². The number of aromatic nitrogens is 2. The molecule has 114 valence electrons. The van der Waals surface area contributed by atoms with Gasteiger partial charge >= 0.3 is 0 Å². The Morgan fingerprint density at radius 2 is 2.10 bits per heavy atom. The summed E-state index contributed by atoms with van der Waals surface area (Å²) in [5.74, 6) is 2.60. The maximum Gasteiger partial charge on any atom is 0.228 e. The average molecular weight is 370 g/mol. The molecule has 21 heavy (non-hydrogen) atoms. The topological polar surface area (TPSA) is 64.9 Å². The van der Waals surface area contributed by atoms with Crippen molar-refractivity contribution in [1.29, 1.82) is 0 Å². The third-order valence-corrected chi connectivity index (χ3v) is 4.94. The summed E-state index contributed by atoms with van der Waals surface area (Å²) in [6, 6.07) is 8.17. The van der Waals surface area contributed by atoms with Crippen LogP contribution in [-0.4, -0.2) is 16.2 Å². The van der Waals surface area contributed by atoms with E-state index in [1.165, 1.54) is 4.90 Å². The van der Waals surface area contributed by atoms with Crippen molar-refractivity contribution in [3.8, 4) is 0 Å². The minimum atomic E-state index is 0.0780. The first-order chi connectivity index (χ1) is 10.0. The summed E-state index contributed by atoms with van der Waals surface area (Å²) in [5, 5.41) is 4.02. The molecule has 0 fully saturated rings. The van der Waals surface area contributed by atoms with Gasteiger partial charge in [-0.15, -0.1) is 11.8 Å². The number of nitrogens with two attached hydrogens (primary N) is 1. The molecule has 0 saturated heterocycles. The van der Waals surface area contributed by atoms with Crippen LogP contribution in [0.4, 0.5) is 0 Å². The molecule has 2 N–H and O–H groups in total. The highest BCUT2D eigenvalue weighted by Gasteiger charge is 2.13. The highest BCUT2D eigenvalue weighted by Crippen LogP contribution is 2.29. The molecule has 0 bridgehead atoms. The van der Waals surface area contributed by atoms with Crippen molar-refractivity contribution in [2.75, 3.05) is 0 Å². The third-order valence-electron chi connectivity index (χ3n) is 2.91. The van der Waals surface area contributed by atoms with Crippen LogP contribution >= 0.6 is 27.7 Å². The predicted molar refractivity (Wildman–Crippen MR) is 89.1 cm³/mol. The summed E-state index contributed by atoms with van der Waals surface area (Å²) in [6.45, 7) is 4.32. The maximum absolute atomic E-state index is 6.06. The Hall–Kier alpha value is -0.850. The van der Waals surface area contributed by atoms with E-state index in [-0.39, 0.29) is 6.04 Å². The number of nitrogens with zero attached hydrogens (tertiary/aromatic N) is 2. The van der Waals surface area contributed by atoms with Crippen molar-refractivity contribution in [2.45, 2.75) is 43.4 Å². The molecular weight excluding hydrogens is 350 g/mol. The molecule has 0 amide bonds. The van der Waals surface area contributed by atoms with Crippen LogP contribution in [-0.2, 0) is 12.2 Å². The first-order valence-corrected chi connectivity index (χ1v) is 8.77. The molecule has 1 aromatic carbocycles. The number of halogens is 1. The predicted octanol–water partition coefficient (Wildman–Crippen LogP) is 4.04. The van der Waals surface area contributed by atoms with E-state index in [9.17, 15) is 0 Å². The second-order valence-corrected chi connectivity index (χ2v) is 7.29. The fraction of sp³-hybridized carbons (Fsp3) is 0.467. The Kier molecular flexibility index (Phi) is 6.26. The van der Waals surface area contributed by atoms with E-state index in [1.807, 2.05) is 18.2 Å². The molecular formula is C15H20BrN3OS. The van der Waals surface area contributed by atoms with Crippen LogP contribution < -0.4 is 5.73 Å². The molecule has 0 spiro atoms. The monoisotopic (exact) mass is 369 g/mol. The summed E-state index contributed by atoms with van der Waals surface area (Å²) in [7, 11) is 0. The maximum atomic E-state index is 6.06. The number of hydrogen-bond donors (Lipinski definition) is 1. The largest absolute Gasteiger partial charge is 0.339 e. The van der Waals surface area contributed by atoms with Crippen molar-refractivity contribution in [3.05, 3.63) is 40.5 Å². The lowest BCUT2D eigenvalue weighted by molar-refractivity contribution is 0.356. The fourth-order valence-corrected chi connectivity index (χ4v) is 3.46. The number of benzene rings is 1. The van der Waals surface area contributed by atoms with E-state index in [0.717, 1.165) is 10.9 Å². The van der Waals surface area contributed by atoms with Crippen molar-refractivity contribution < 1.29 is 4.52 Å². The van der Waals surface area contributed by atoms with Crippen LogP contribution in [0, 0.1) is 5.92 Å². The SMILES string of the molecule is CC(C)CC(N)Cc1nc(CSc2ccccc2Br)no1. The van der Waals surface area contributed by atoms with Crippen LogP contribution in [0.5, 0.6) is 0 Å². The minimum Gasteiger partial charge on any atom is -0.339 e. The zero-order chi connectivity index (χ0) is 15.2. The van der Waals surface area contributed by atoms with E-state index in [0.29, 0.717) is 29.8 Å². The normalized spacial score (nSPS) is 12.8. The smallest absolute Gasteiger partial charge is 0.228 e. The van der Waals surface area contributed by atoms with Crippen molar-refractivity contribution in [1.82, 2.24) is 10.1 Å². The van der Waals surface area contributed by atoms with Crippen molar-refractivity contribution >= 4 is 27.7 Å². The van der Waals surface area contributed by atoms with Gasteiger partial charge in [-0.2, -0.15) is 4.98 Å². The lowest BCUT2D eigenvalue weighted by atomic mass is 10.0. The van der Waals surface area contributed by atoms with E-state index < -0.39 is 0 Å². The molecule has 1 atom stereocenters. The minimum absolute atomic E-state index is 0.0780. The third kappa shape index (κ3) is 5.45. The van der Waals surface area contributed by atoms with Gasteiger partial charge in [0.2, 0.25) is 5.89 Å². The van der Waals surface area contributed by atoms with Gasteiger partial charge in [0.25, 0.3) is 0 Å². The zero-order valence-corrected chi connectivity index (χ0v) is 14.7. The number of hydrogen-bond acceptors (Lipinski definition) is 5. The fourth-order valence-electron chi connectivity index (χ4n) is 2.05. The summed E-state index contributed by atoms with van der Waals surface area (Å²) in [6.07, 6.45) is 1.61. The number of rotatable bonds is 7. The van der Waals surface area contributed by atoms with Crippen LogP contribution in [0.2, 0.25) is 0 Å². The van der Waals surface area contributed by atoms with Gasteiger partial charge in [-0.1, -0.05) is 31.1 Å². The molecule has 1 unspecified atom stereocenters. The number of thioether (sulfide) groups is 1. The highest BCUT2D eigenvalue weighted by atomic mass is 79.9. The Bertz CT molecular complexity index is 574. The first-order valence-electron chi connectivity index (χ1n) is 6.99. The quantitative estimate of drug-likeness (QED) is 0.745. The molecule has 0 aliphatic heterocycles. The van der Waals surface area contributed by atoms with Crippen molar-refractivity contribution in [3.63, 3.8) is 0 Å². The molecule has 6 heteroatoms. The standard InChI is InChI=1S/C15H20BrN3OS/c1-10(2)7-11(17)8-15-18-14(19-20-15)9-21-13-6-4-3-5-12(13)16/h3-6,10-11H,7-9,17H2,1-2H3. The molecule has 2 rings (SSSR count). The molecule has 0 aliphatic rings. The van der Waals surface area contributed by atoms with Crippen LogP contribution in [0.25, 0.3) is 0 Å². The van der Waals surface area contributed by atoms with E-state index in [1.54, 1.807) is 11.8 Å². The van der Waals surface area contributed by atoms with Crippen LogP contribution in [0.1, 0.15) is 32.0 Å². The zero-order valence-electron chi connectivity index (χ0n) is 12.3. The van der Waals surface area contributed by atoms with E-state index in [2.05, 4.69) is 46.0 Å². The highest BCUT2D eigenvalue weighted by molar-refractivity contribution is 9.10. The van der Waals surface area contributed by atoms with Gasteiger partial charge in [-0.25, -0.2) is 0 Å². The molecule has 1 heterocycles. The second kappa shape index (κ2) is 7.96.